The first kappa shape index (κ1) is 21.4. The summed E-state index contributed by atoms with van der Waals surface area (Å²) in [4.78, 5) is 18.2. The van der Waals surface area contributed by atoms with Crippen molar-refractivity contribution in [2.24, 2.45) is 4.99 Å². The Labute approximate surface area is 166 Å². The van der Waals surface area contributed by atoms with Crippen molar-refractivity contribution < 1.29 is 9.18 Å². The summed E-state index contributed by atoms with van der Waals surface area (Å²) in [5.41, 5.74) is 2.71. The first-order valence-corrected chi connectivity index (χ1v) is 9.57. The van der Waals surface area contributed by atoms with Crippen molar-refractivity contribution in [2.75, 3.05) is 33.7 Å². The van der Waals surface area contributed by atoms with E-state index >= 15 is 0 Å². The molecule has 2 N–H and O–H groups in total. The first-order valence-electron chi connectivity index (χ1n) is 9.57. The fourth-order valence-electron chi connectivity index (χ4n) is 2.77. The zero-order valence-electron chi connectivity index (χ0n) is 16.8. The lowest BCUT2D eigenvalue weighted by Gasteiger charge is -2.12. The van der Waals surface area contributed by atoms with Gasteiger partial charge < -0.3 is 15.5 Å². The Morgan fingerprint density at radius 3 is 2.43 bits per heavy atom. The van der Waals surface area contributed by atoms with Gasteiger partial charge in [-0.3, -0.25) is 9.79 Å². The molecular weight excluding hydrogens is 355 g/mol. The van der Waals surface area contributed by atoms with E-state index in [9.17, 15) is 9.18 Å². The number of hydrogen-bond donors (Lipinski definition) is 2. The highest BCUT2D eigenvalue weighted by atomic mass is 19.1. The van der Waals surface area contributed by atoms with Crippen molar-refractivity contribution in [3.05, 3.63) is 71.0 Å². The monoisotopic (exact) mass is 384 g/mol. The maximum Gasteiger partial charge on any atom is 0.253 e. The average Bonchev–Trinajstić information content (AvgIpc) is 2.67. The SMILES string of the molecule is CCNC(=NCCc1cccc(C(=O)N(C)C)c1)NCCc1cccc(F)c1. The Kier molecular flexibility index (Phi) is 8.46. The number of aliphatic imine (C=N–C) groups is 1. The molecule has 5 nitrogen and oxygen atoms in total. The van der Waals surface area contributed by atoms with Crippen LogP contribution in [0.3, 0.4) is 0 Å². The largest absolute Gasteiger partial charge is 0.357 e. The normalized spacial score (nSPS) is 11.2. The van der Waals surface area contributed by atoms with Gasteiger partial charge in [-0.1, -0.05) is 24.3 Å². The Balaban J connectivity index is 1.88. The van der Waals surface area contributed by atoms with Crippen molar-refractivity contribution >= 4 is 11.9 Å². The van der Waals surface area contributed by atoms with Crippen LogP contribution in [0.5, 0.6) is 0 Å². The number of hydrogen-bond acceptors (Lipinski definition) is 2. The molecule has 0 fully saturated rings. The van der Waals surface area contributed by atoms with E-state index in [0.717, 1.165) is 36.5 Å². The number of carbonyl (C=O) groups is 1. The summed E-state index contributed by atoms with van der Waals surface area (Å²) in [5, 5.41) is 6.49. The molecule has 28 heavy (non-hydrogen) atoms. The molecule has 0 unspecified atom stereocenters. The summed E-state index contributed by atoms with van der Waals surface area (Å²) < 4.78 is 13.2. The molecule has 150 valence electrons. The molecule has 0 aliphatic rings. The van der Waals surface area contributed by atoms with E-state index in [4.69, 9.17) is 0 Å². The van der Waals surface area contributed by atoms with Crippen molar-refractivity contribution in [1.82, 2.24) is 15.5 Å². The number of guanidine groups is 1. The van der Waals surface area contributed by atoms with Gasteiger partial charge >= 0.3 is 0 Å². The number of nitrogens with zero attached hydrogens (tertiary/aromatic N) is 2. The first-order chi connectivity index (χ1) is 13.5. The Hall–Kier alpha value is -2.89. The van der Waals surface area contributed by atoms with Gasteiger partial charge in [-0.2, -0.15) is 0 Å². The van der Waals surface area contributed by atoms with Crippen molar-refractivity contribution in [2.45, 2.75) is 19.8 Å². The van der Waals surface area contributed by atoms with Crippen LogP contribution in [0, 0.1) is 5.82 Å². The molecule has 0 aromatic heterocycles. The van der Waals surface area contributed by atoms with Crippen LogP contribution in [0.1, 0.15) is 28.4 Å². The van der Waals surface area contributed by atoms with Crippen molar-refractivity contribution in [3.63, 3.8) is 0 Å². The quantitative estimate of drug-likeness (QED) is 0.544. The van der Waals surface area contributed by atoms with Gasteiger partial charge in [0, 0.05) is 39.3 Å². The van der Waals surface area contributed by atoms with Gasteiger partial charge in [0.15, 0.2) is 5.96 Å². The molecule has 2 aromatic carbocycles. The van der Waals surface area contributed by atoms with Crippen LogP contribution in [0.4, 0.5) is 4.39 Å². The van der Waals surface area contributed by atoms with Crippen LogP contribution in [0.2, 0.25) is 0 Å². The van der Waals surface area contributed by atoms with Gasteiger partial charge in [0.1, 0.15) is 5.82 Å². The molecule has 2 aromatic rings. The van der Waals surface area contributed by atoms with Crippen molar-refractivity contribution in [1.29, 1.82) is 0 Å². The lowest BCUT2D eigenvalue weighted by molar-refractivity contribution is 0.0827. The Morgan fingerprint density at radius 1 is 1.04 bits per heavy atom. The standard InChI is InChI=1S/C22H29FN4O/c1-4-24-22(26-14-12-18-8-6-10-20(23)16-18)25-13-11-17-7-5-9-19(15-17)21(28)27(2)3/h5-10,15-16H,4,11-14H2,1-3H3,(H2,24,25,26). The highest BCUT2D eigenvalue weighted by Gasteiger charge is 2.08. The zero-order chi connectivity index (χ0) is 20.4. The summed E-state index contributed by atoms with van der Waals surface area (Å²) >= 11 is 0. The third-order valence-corrected chi connectivity index (χ3v) is 4.19. The molecule has 0 atom stereocenters. The molecular formula is C22H29FN4O. The van der Waals surface area contributed by atoms with E-state index in [2.05, 4.69) is 15.6 Å². The summed E-state index contributed by atoms with van der Waals surface area (Å²) in [6.07, 6.45) is 1.46. The van der Waals surface area contributed by atoms with Gasteiger partial charge in [-0.05, 0) is 55.2 Å². The highest BCUT2D eigenvalue weighted by molar-refractivity contribution is 5.94. The average molecular weight is 384 g/mol. The number of rotatable bonds is 8. The van der Waals surface area contributed by atoms with Gasteiger partial charge in [-0.25, -0.2) is 4.39 Å². The smallest absolute Gasteiger partial charge is 0.253 e. The maximum atomic E-state index is 13.2. The van der Waals surface area contributed by atoms with Gasteiger partial charge in [0.25, 0.3) is 5.91 Å². The molecule has 0 aliphatic carbocycles. The molecule has 0 bridgehead atoms. The minimum absolute atomic E-state index is 0.00212. The van der Waals surface area contributed by atoms with E-state index in [1.807, 2.05) is 37.3 Å². The number of amides is 1. The van der Waals surface area contributed by atoms with E-state index in [1.165, 1.54) is 6.07 Å². The lowest BCUT2D eigenvalue weighted by Crippen LogP contribution is -2.38. The van der Waals surface area contributed by atoms with Crippen LogP contribution in [0.25, 0.3) is 0 Å². The van der Waals surface area contributed by atoms with Gasteiger partial charge in [0.2, 0.25) is 0 Å². The number of nitrogens with one attached hydrogen (secondary N) is 2. The highest BCUT2D eigenvalue weighted by Crippen LogP contribution is 2.08. The fourth-order valence-corrected chi connectivity index (χ4v) is 2.77. The van der Waals surface area contributed by atoms with Gasteiger partial charge in [-0.15, -0.1) is 0 Å². The third-order valence-electron chi connectivity index (χ3n) is 4.19. The molecule has 0 saturated heterocycles. The number of carbonyl (C=O) groups excluding carboxylic acids is 1. The second-order valence-corrected chi connectivity index (χ2v) is 6.72. The molecule has 0 radical (unpaired) electrons. The van der Waals surface area contributed by atoms with Gasteiger partial charge in [0.05, 0.1) is 0 Å². The Morgan fingerprint density at radius 2 is 1.75 bits per heavy atom. The van der Waals surface area contributed by atoms with Crippen molar-refractivity contribution in [3.8, 4) is 0 Å². The molecule has 6 heteroatoms. The molecule has 0 heterocycles. The van der Waals surface area contributed by atoms with Crippen LogP contribution in [-0.4, -0.2) is 50.5 Å². The van der Waals surface area contributed by atoms with E-state index in [0.29, 0.717) is 18.7 Å². The summed E-state index contributed by atoms with van der Waals surface area (Å²) in [6, 6.07) is 14.3. The molecule has 0 aliphatic heterocycles. The second kappa shape index (κ2) is 11.1. The number of halogens is 1. The Bertz CT molecular complexity index is 805. The predicted molar refractivity (Wildman–Crippen MR) is 112 cm³/mol. The molecule has 1 amide bonds. The van der Waals surface area contributed by atoms with E-state index in [1.54, 1.807) is 31.1 Å². The van der Waals surface area contributed by atoms with Crippen LogP contribution < -0.4 is 10.6 Å². The number of benzene rings is 2. The predicted octanol–water partition coefficient (Wildman–Crippen LogP) is 2.87. The maximum absolute atomic E-state index is 13.2. The summed E-state index contributed by atoms with van der Waals surface area (Å²) in [5.74, 6) is 0.519. The van der Waals surface area contributed by atoms with Crippen LogP contribution in [-0.2, 0) is 12.8 Å². The molecule has 0 spiro atoms. The van der Waals surface area contributed by atoms with E-state index < -0.39 is 0 Å². The minimum Gasteiger partial charge on any atom is -0.357 e. The van der Waals surface area contributed by atoms with E-state index in [-0.39, 0.29) is 11.7 Å². The zero-order valence-corrected chi connectivity index (χ0v) is 16.8. The molecule has 0 saturated carbocycles. The second-order valence-electron chi connectivity index (χ2n) is 6.72. The third kappa shape index (κ3) is 7.02. The summed E-state index contributed by atoms with van der Waals surface area (Å²) in [7, 11) is 3.50. The lowest BCUT2D eigenvalue weighted by atomic mass is 10.1. The fraction of sp³-hybridized carbons (Fsp3) is 0.364. The minimum atomic E-state index is -0.215. The summed E-state index contributed by atoms with van der Waals surface area (Å²) in [6.45, 7) is 4.05. The topological polar surface area (TPSA) is 56.7 Å². The van der Waals surface area contributed by atoms with Crippen LogP contribution in [0.15, 0.2) is 53.5 Å². The van der Waals surface area contributed by atoms with Crippen LogP contribution >= 0.6 is 0 Å². The molecule has 2 rings (SSSR count).